The van der Waals surface area contributed by atoms with Crippen LogP contribution in [0.15, 0.2) is 23.5 Å². The van der Waals surface area contributed by atoms with Crippen molar-refractivity contribution in [2.75, 3.05) is 0 Å². The highest BCUT2D eigenvalue weighted by Crippen LogP contribution is 2.47. The van der Waals surface area contributed by atoms with E-state index in [1.807, 2.05) is 6.92 Å². The van der Waals surface area contributed by atoms with Crippen molar-refractivity contribution in [3.8, 4) is 0 Å². The summed E-state index contributed by atoms with van der Waals surface area (Å²) in [7, 11) is -2.47. The summed E-state index contributed by atoms with van der Waals surface area (Å²) in [5.74, 6) is 0.375. The Balaban J connectivity index is 1.91. The minimum absolute atomic E-state index is 0.230. The van der Waals surface area contributed by atoms with E-state index in [0.717, 1.165) is 0 Å². The van der Waals surface area contributed by atoms with Crippen LogP contribution >= 0.6 is 0 Å². The number of carbonyl (C=O) groups is 1. The van der Waals surface area contributed by atoms with E-state index in [2.05, 4.69) is 56.5 Å². The number of H-pyrrole nitrogens is 1. The molecular weight excluding hydrogens is 470 g/mol. The average Bonchev–Trinajstić information content (AvgIpc) is 3.47. The van der Waals surface area contributed by atoms with E-state index in [-0.39, 0.29) is 27.7 Å². The fourth-order valence-electron chi connectivity index (χ4n) is 5.96. The van der Waals surface area contributed by atoms with E-state index in [4.69, 9.17) is 13.9 Å². The summed E-state index contributed by atoms with van der Waals surface area (Å²) in [5, 5.41) is 9.57. The van der Waals surface area contributed by atoms with Crippen LogP contribution in [0, 0.1) is 0 Å². The first-order valence-electron chi connectivity index (χ1n) is 12.2. The summed E-state index contributed by atoms with van der Waals surface area (Å²) < 4.78 is 22.4. The van der Waals surface area contributed by atoms with Crippen LogP contribution in [-0.4, -0.2) is 61.8 Å². The maximum Gasteiger partial charge on any atom is 0.506 e. The van der Waals surface area contributed by atoms with E-state index < -0.39 is 39.0 Å². The van der Waals surface area contributed by atoms with Gasteiger partial charge in [-0.15, -0.1) is 0 Å². The molecule has 3 aromatic rings. The van der Waals surface area contributed by atoms with Gasteiger partial charge in [0.15, 0.2) is 23.5 Å². The van der Waals surface area contributed by atoms with E-state index in [9.17, 15) is 14.7 Å². The van der Waals surface area contributed by atoms with Crippen molar-refractivity contribution in [2.24, 2.45) is 0 Å². The van der Waals surface area contributed by atoms with Crippen LogP contribution in [0.3, 0.4) is 0 Å². The van der Waals surface area contributed by atoms with Crippen molar-refractivity contribution < 1.29 is 23.8 Å². The molecule has 3 aromatic heterocycles. The smallest absolute Gasteiger partial charge is 0.450 e. The highest BCUT2D eigenvalue weighted by Gasteiger charge is 2.55. The third kappa shape index (κ3) is 4.06. The lowest BCUT2D eigenvalue weighted by atomic mass is 10.1. The van der Waals surface area contributed by atoms with Gasteiger partial charge in [0.2, 0.25) is 14.1 Å². The van der Waals surface area contributed by atoms with Crippen LogP contribution in [0.5, 0.6) is 0 Å². The number of imidazole rings is 2. The molecule has 0 saturated carbocycles. The Kier molecular flexibility index (Phi) is 6.82. The highest BCUT2D eigenvalue weighted by atomic mass is 28.4. The van der Waals surface area contributed by atoms with Gasteiger partial charge in [-0.3, -0.25) is 18.7 Å². The quantitative estimate of drug-likeness (QED) is 0.342. The van der Waals surface area contributed by atoms with Gasteiger partial charge < -0.3 is 19.0 Å². The lowest BCUT2D eigenvalue weighted by molar-refractivity contribution is -0.0339. The molecule has 0 amide bonds. The summed E-state index contributed by atoms with van der Waals surface area (Å²) in [6.07, 6.45) is 1.21. The van der Waals surface area contributed by atoms with Crippen LogP contribution in [-0.2, 0) is 13.9 Å². The number of nitrogens with zero attached hydrogens (tertiary/aromatic N) is 4. The number of fused-ring (bicyclic) bond motifs is 3. The third-order valence-corrected chi connectivity index (χ3v) is 13.4. The Morgan fingerprint density at radius 2 is 1.83 bits per heavy atom. The molecule has 0 aliphatic carbocycles. The topological polar surface area (TPSA) is 133 Å². The minimum atomic E-state index is -2.47. The Morgan fingerprint density at radius 1 is 1.17 bits per heavy atom. The second kappa shape index (κ2) is 9.39. The van der Waals surface area contributed by atoms with Gasteiger partial charge in [0.25, 0.3) is 5.56 Å². The molecule has 2 N–H and O–H groups in total. The molecule has 1 aliphatic rings. The Labute approximate surface area is 204 Å². The van der Waals surface area contributed by atoms with Gasteiger partial charge in [-0.1, -0.05) is 48.5 Å². The molecule has 1 fully saturated rings. The standard InChI is InChI=1S/C23H35N5O6Si/c1-8-15-17(33-23(30)31)18(34-35(12(2)3,13(4)5)14(6)7)21(32-15)28-11-25-16-19(29)26-22-24-9-10-27(22)20(16)28/h9-15,17-18,21H,8H2,1-7H3,(H,30,31)(H,24,26,29)/t15-,17-,18-,21-/m1/s1. The van der Waals surface area contributed by atoms with Crippen molar-refractivity contribution in [1.29, 1.82) is 0 Å². The van der Waals surface area contributed by atoms with Gasteiger partial charge >= 0.3 is 6.16 Å². The maximum atomic E-state index is 12.7. The molecular formula is C23H35N5O6Si. The monoisotopic (exact) mass is 505 g/mol. The van der Waals surface area contributed by atoms with E-state index >= 15 is 0 Å². The molecule has 0 aromatic carbocycles. The van der Waals surface area contributed by atoms with Crippen LogP contribution in [0.2, 0.25) is 16.6 Å². The SMILES string of the molecule is CC[C@H]1O[C@@H](n2cnc3c(=O)[nH]c4nccn4c32)[C@H](O[Si](C(C)C)(C(C)C)C(C)C)[C@@H]1OC(=O)O. The zero-order chi connectivity index (χ0) is 25.7. The molecule has 11 nitrogen and oxygen atoms in total. The number of aromatic amines is 1. The second-order valence-corrected chi connectivity index (χ2v) is 15.5. The number of carboxylic acid groups (broad SMARTS) is 1. The fourth-order valence-corrected chi connectivity index (χ4v) is 11.5. The highest BCUT2D eigenvalue weighted by molar-refractivity contribution is 6.77. The fraction of sp³-hybridized carbons (Fsp3) is 0.652. The molecule has 0 unspecified atom stereocenters. The predicted molar refractivity (Wildman–Crippen MR) is 132 cm³/mol. The second-order valence-electron chi connectivity index (χ2n) is 10.1. The van der Waals surface area contributed by atoms with Gasteiger partial charge in [-0.25, -0.2) is 14.8 Å². The molecule has 4 atom stereocenters. The van der Waals surface area contributed by atoms with Crippen molar-refractivity contribution in [1.82, 2.24) is 23.9 Å². The van der Waals surface area contributed by atoms with Crippen LogP contribution in [0.1, 0.15) is 61.1 Å². The van der Waals surface area contributed by atoms with Crippen molar-refractivity contribution in [3.63, 3.8) is 0 Å². The summed E-state index contributed by atoms with van der Waals surface area (Å²) in [4.78, 5) is 35.7. The van der Waals surface area contributed by atoms with Gasteiger partial charge in [-0.05, 0) is 23.0 Å². The Hall–Kier alpha value is -2.70. The zero-order valence-electron chi connectivity index (χ0n) is 21.3. The summed E-state index contributed by atoms with van der Waals surface area (Å²) >= 11 is 0. The van der Waals surface area contributed by atoms with Crippen LogP contribution in [0.4, 0.5) is 4.79 Å². The molecule has 35 heavy (non-hydrogen) atoms. The first-order valence-corrected chi connectivity index (χ1v) is 14.3. The summed E-state index contributed by atoms with van der Waals surface area (Å²) in [6, 6.07) is 0. The molecule has 4 rings (SSSR count). The average molecular weight is 506 g/mol. The lowest BCUT2D eigenvalue weighted by Gasteiger charge is -2.45. The molecule has 12 heteroatoms. The van der Waals surface area contributed by atoms with E-state index in [0.29, 0.717) is 17.8 Å². The van der Waals surface area contributed by atoms with E-state index in [1.54, 1.807) is 27.7 Å². The zero-order valence-corrected chi connectivity index (χ0v) is 22.3. The molecule has 192 valence electrons. The summed E-state index contributed by atoms with van der Waals surface area (Å²) in [5.41, 5.74) is 1.14. The normalized spacial score (nSPS) is 23.4. The van der Waals surface area contributed by atoms with Crippen molar-refractivity contribution in [2.45, 2.75) is 96.1 Å². The minimum Gasteiger partial charge on any atom is -0.450 e. The molecule has 1 saturated heterocycles. The van der Waals surface area contributed by atoms with E-state index in [1.165, 1.54) is 0 Å². The van der Waals surface area contributed by atoms with Crippen molar-refractivity contribution in [3.05, 3.63) is 29.1 Å². The lowest BCUT2D eigenvalue weighted by Crippen LogP contribution is -2.54. The third-order valence-electron chi connectivity index (χ3n) is 7.32. The number of rotatable bonds is 8. The molecule has 0 radical (unpaired) electrons. The Morgan fingerprint density at radius 3 is 2.40 bits per heavy atom. The molecule has 1 aliphatic heterocycles. The van der Waals surface area contributed by atoms with Crippen LogP contribution < -0.4 is 5.56 Å². The number of ether oxygens (including phenoxy) is 2. The van der Waals surface area contributed by atoms with Crippen LogP contribution in [0.25, 0.3) is 16.9 Å². The van der Waals surface area contributed by atoms with Gasteiger partial charge in [0.05, 0.1) is 12.4 Å². The van der Waals surface area contributed by atoms with Gasteiger partial charge in [0, 0.05) is 12.4 Å². The first-order chi connectivity index (χ1) is 16.5. The largest absolute Gasteiger partial charge is 0.506 e. The number of hydrogen-bond donors (Lipinski definition) is 2. The number of nitrogens with one attached hydrogen (secondary N) is 1. The maximum absolute atomic E-state index is 12.7. The molecule has 4 heterocycles. The molecule has 0 spiro atoms. The summed E-state index contributed by atoms with van der Waals surface area (Å²) in [6.45, 7) is 14.9. The number of hydrogen-bond acceptors (Lipinski definition) is 7. The van der Waals surface area contributed by atoms with Crippen molar-refractivity contribution >= 4 is 31.4 Å². The molecule has 0 bridgehead atoms. The predicted octanol–water partition coefficient (Wildman–Crippen LogP) is 4.30. The van der Waals surface area contributed by atoms with Gasteiger partial charge in [0.1, 0.15) is 6.10 Å². The first kappa shape index (κ1) is 25.4. The number of aromatic nitrogens is 5. The Bertz CT molecular complexity index is 1240. The van der Waals surface area contributed by atoms with Gasteiger partial charge in [-0.2, -0.15) is 0 Å².